The van der Waals surface area contributed by atoms with E-state index >= 15 is 0 Å². The van der Waals surface area contributed by atoms with Crippen molar-refractivity contribution in [1.82, 2.24) is 0 Å². The molecule has 2 aromatic carbocycles. The molecule has 0 spiro atoms. The lowest BCUT2D eigenvalue weighted by Crippen LogP contribution is -1.97. The molecule has 2 heteroatoms. The van der Waals surface area contributed by atoms with Gasteiger partial charge in [-0.05, 0) is 35.7 Å². The number of rotatable bonds is 3. The molecule has 1 nitrogen and oxygen atoms in total. The Morgan fingerprint density at radius 1 is 1.00 bits per heavy atom. The molecule has 0 saturated carbocycles. The molecule has 0 unspecified atom stereocenters. The Labute approximate surface area is 101 Å². The summed E-state index contributed by atoms with van der Waals surface area (Å²) in [5, 5.41) is 3.25. The summed E-state index contributed by atoms with van der Waals surface area (Å²) in [7, 11) is 0. The Kier molecular flexibility index (Phi) is 3.43. The summed E-state index contributed by atoms with van der Waals surface area (Å²) in [6.45, 7) is 4.29. The monoisotopic (exact) mass is 229 g/mol. The van der Waals surface area contributed by atoms with Crippen molar-refractivity contribution in [3.8, 4) is 0 Å². The predicted octanol–water partition coefficient (Wildman–Crippen LogP) is 4.69. The summed E-state index contributed by atoms with van der Waals surface area (Å²) in [6, 6.07) is 14.6. The van der Waals surface area contributed by atoms with E-state index in [0.29, 0.717) is 5.92 Å². The van der Waals surface area contributed by atoms with Crippen molar-refractivity contribution >= 4 is 11.4 Å². The Bertz CT molecular complexity index is 506. The topological polar surface area (TPSA) is 12.0 Å². The highest BCUT2D eigenvalue weighted by Gasteiger charge is 2.05. The van der Waals surface area contributed by atoms with Crippen LogP contribution in [0.5, 0.6) is 0 Å². The van der Waals surface area contributed by atoms with Crippen molar-refractivity contribution in [3.05, 3.63) is 59.9 Å². The molecule has 0 atom stereocenters. The molecule has 0 saturated heterocycles. The maximum Gasteiger partial charge on any atom is 0.125 e. The van der Waals surface area contributed by atoms with Crippen molar-refractivity contribution in [3.63, 3.8) is 0 Å². The highest BCUT2D eigenvalue weighted by Crippen LogP contribution is 2.26. The zero-order chi connectivity index (χ0) is 12.3. The van der Waals surface area contributed by atoms with Crippen LogP contribution in [0.3, 0.4) is 0 Å². The first-order chi connectivity index (χ1) is 8.16. The van der Waals surface area contributed by atoms with Crippen LogP contribution in [0.1, 0.15) is 25.3 Å². The van der Waals surface area contributed by atoms with E-state index in [4.69, 9.17) is 0 Å². The van der Waals surface area contributed by atoms with Gasteiger partial charge in [0.05, 0.1) is 0 Å². The number of nitrogens with one attached hydrogen (secondary N) is 1. The lowest BCUT2D eigenvalue weighted by molar-refractivity contribution is 0.628. The zero-order valence-corrected chi connectivity index (χ0v) is 10.1. The van der Waals surface area contributed by atoms with Crippen LogP contribution in [0.25, 0.3) is 0 Å². The second-order valence-electron chi connectivity index (χ2n) is 4.38. The maximum atomic E-state index is 13.1. The minimum Gasteiger partial charge on any atom is -0.355 e. The lowest BCUT2D eigenvalue weighted by atomic mass is 10.0. The zero-order valence-electron chi connectivity index (χ0n) is 10.1. The molecular formula is C15H16FN. The molecular weight excluding hydrogens is 213 g/mol. The summed E-state index contributed by atoms with van der Waals surface area (Å²) >= 11 is 0. The summed E-state index contributed by atoms with van der Waals surface area (Å²) in [6.07, 6.45) is 0. The number of anilines is 2. The molecule has 0 aliphatic carbocycles. The van der Waals surface area contributed by atoms with E-state index in [1.165, 1.54) is 17.7 Å². The highest BCUT2D eigenvalue weighted by molar-refractivity contribution is 5.63. The Balaban J connectivity index is 2.30. The molecule has 0 aliphatic rings. The molecule has 88 valence electrons. The second kappa shape index (κ2) is 5.00. The van der Waals surface area contributed by atoms with Gasteiger partial charge >= 0.3 is 0 Å². The van der Waals surface area contributed by atoms with Crippen LogP contribution in [-0.2, 0) is 0 Å². The van der Waals surface area contributed by atoms with E-state index in [1.807, 2.05) is 24.3 Å². The van der Waals surface area contributed by atoms with Crippen molar-refractivity contribution in [2.45, 2.75) is 19.8 Å². The molecule has 0 heterocycles. The summed E-state index contributed by atoms with van der Waals surface area (Å²) in [4.78, 5) is 0. The Morgan fingerprint density at radius 2 is 1.76 bits per heavy atom. The van der Waals surface area contributed by atoms with Crippen LogP contribution in [0.4, 0.5) is 15.8 Å². The van der Waals surface area contributed by atoms with E-state index < -0.39 is 0 Å². The molecule has 2 rings (SSSR count). The van der Waals surface area contributed by atoms with E-state index in [-0.39, 0.29) is 5.82 Å². The van der Waals surface area contributed by atoms with E-state index in [2.05, 4.69) is 25.2 Å². The third-order valence-corrected chi connectivity index (χ3v) is 2.69. The quantitative estimate of drug-likeness (QED) is 0.804. The molecule has 0 aliphatic heterocycles. The van der Waals surface area contributed by atoms with Gasteiger partial charge in [-0.2, -0.15) is 0 Å². The van der Waals surface area contributed by atoms with Gasteiger partial charge in [0.1, 0.15) is 5.82 Å². The van der Waals surface area contributed by atoms with Crippen LogP contribution >= 0.6 is 0 Å². The number of halogens is 1. The fourth-order valence-corrected chi connectivity index (χ4v) is 1.84. The first kappa shape index (κ1) is 11.6. The first-order valence-corrected chi connectivity index (χ1v) is 5.78. The van der Waals surface area contributed by atoms with Crippen LogP contribution in [0, 0.1) is 5.82 Å². The van der Waals surface area contributed by atoms with Gasteiger partial charge in [0.25, 0.3) is 0 Å². The normalized spacial score (nSPS) is 10.6. The standard InChI is InChI=1S/C15H16FN/c1-11(2)14-8-3-4-9-15(14)17-13-7-5-6-12(16)10-13/h3-11,17H,1-2H3. The lowest BCUT2D eigenvalue weighted by Gasteiger charge is -2.14. The second-order valence-corrected chi connectivity index (χ2v) is 4.38. The van der Waals surface area contributed by atoms with Gasteiger partial charge in [-0.25, -0.2) is 4.39 Å². The summed E-state index contributed by atoms with van der Waals surface area (Å²) < 4.78 is 13.1. The molecule has 17 heavy (non-hydrogen) atoms. The number of hydrogen-bond acceptors (Lipinski definition) is 1. The van der Waals surface area contributed by atoms with Crippen molar-refractivity contribution in [2.75, 3.05) is 5.32 Å². The van der Waals surface area contributed by atoms with Crippen LogP contribution in [-0.4, -0.2) is 0 Å². The Morgan fingerprint density at radius 3 is 2.47 bits per heavy atom. The number of hydrogen-bond donors (Lipinski definition) is 1. The van der Waals surface area contributed by atoms with Gasteiger partial charge in [-0.3, -0.25) is 0 Å². The molecule has 0 bridgehead atoms. The fourth-order valence-electron chi connectivity index (χ4n) is 1.84. The fraction of sp³-hybridized carbons (Fsp3) is 0.200. The summed E-state index contributed by atoms with van der Waals surface area (Å²) in [5.74, 6) is 0.212. The van der Waals surface area contributed by atoms with Crippen molar-refractivity contribution in [1.29, 1.82) is 0 Å². The van der Waals surface area contributed by atoms with Crippen LogP contribution in [0.15, 0.2) is 48.5 Å². The van der Waals surface area contributed by atoms with Gasteiger partial charge in [-0.1, -0.05) is 38.1 Å². The molecule has 0 fully saturated rings. The third-order valence-electron chi connectivity index (χ3n) is 2.69. The van der Waals surface area contributed by atoms with Crippen molar-refractivity contribution < 1.29 is 4.39 Å². The molecule has 0 amide bonds. The molecule has 1 N–H and O–H groups in total. The van der Waals surface area contributed by atoms with E-state index in [1.54, 1.807) is 6.07 Å². The SMILES string of the molecule is CC(C)c1ccccc1Nc1cccc(F)c1. The molecule has 0 aromatic heterocycles. The highest BCUT2D eigenvalue weighted by atomic mass is 19.1. The largest absolute Gasteiger partial charge is 0.355 e. The predicted molar refractivity (Wildman–Crippen MR) is 70.2 cm³/mol. The number of para-hydroxylation sites is 1. The third kappa shape index (κ3) is 2.84. The minimum atomic E-state index is -0.225. The molecule has 0 radical (unpaired) electrons. The van der Waals surface area contributed by atoms with Crippen molar-refractivity contribution in [2.24, 2.45) is 0 Å². The Hall–Kier alpha value is -1.83. The average molecular weight is 229 g/mol. The van der Waals surface area contributed by atoms with Gasteiger partial charge < -0.3 is 5.32 Å². The maximum absolute atomic E-state index is 13.1. The minimum absolute atomic E-state index is 0.225. The first-order valence-electron chi connectivity index (χ1n) is 5.78. The average Bonchev–Trinajstić information content (AvgIpc) is 2.29. The van der Waals surface area contributed by atoms with Crippen LogP contribution in [0.2, 0.25) is 0 Å². The number of benzene rings is 2. The van der Waals surface area contributed by atoms with Gasteiger partial charge in [-0.15, -0.1) is 0 Å². The van der Waals surface area contributed by atoms with Crippen LogP contribution < -0.4 is 5.32 Å². The smallest absolute Gasteiger partial charge is 0.125 e. The van der Waals surface area contributed by atoms with Gasteiger partial charge in [0, 0.05) is 11.4 Å². The van der Waals surface area contributed by atoms with Gasteiger partial charge in [0.15, 0.2) is 0 Å². The summed E-state index contributed by atoms with van der Waals surface area (Å²) in [5.41, 5.74) is 3.04. The molecule has 2 aromatic rings. The van der Waals surface area contributed by atoms with E-state index in [9.17, 15) is 4.39 Å². The van der Waals surface area contributed by atoms with E-state index in [0.717, 1.165) is 11.4 Å². The van der Waals surface area contributed by atoms with Gasteiger partial charge in [0.2, 0.25) is 0 Å².